The maximum Gasteiger partial charge on any atom is 0.251 e. The van der Waals surface area contributed by atoms with Crippen molar-refractivity contribution < 1.29 is 13.2 Å². The Balaban J connectivity index is 2.25. The summed E-state index contributed by atoms with van der Waals surface area (Å²) in [7, 11) is -0.930. The highest BCUT2D eigenvalue weighted by molar-refractivity contribution is 7.89. The first kappa shape index (κ1) is 19.2. The minimum absolute atomic E-state index is 0.0710. The van der Waals surface area contributed by atoms with E-state index < -0.39 is 21.5 Å². The fourth-order valence-electron chi connectivity index (χ4n) is 2.06. The number of anilines is 1. The molecule has 25 heavy (non-hydrogen) atoms. The minimum atomic E-state index is -3.70. The molecule has 0 aliphatic heterocycles. The van der Waals surface area contributed by atoms with Gasteiger partial charge in [-0.25, -0.2) is 12.7 Å². The molecule has 7 nitrogen and oxygen atoms in total. The molecule has 1 amide bonds. The van der Waals surface area contributed by atoms with E-state index in [1.165, 1.54) is 20.2 Å². The Labute approximate surface area is 150 Å². The summed E-state index contributed by atoms with van der Waals surface area (Å²) in [6.45, 7) is 1.54. The number of hydrogen-bond acceptors (Lipinski definition) is 4. The van der Waals surface area contributed by atoms with Gasteiger partial charge in [0.05, 0.1) is 15.6 Å². The quantitative estimate of drug-likeness (QED) is 0.851. The van der Waals surface area contributed by atoms with Gasteiger partial charge < -0.3 is 9.88 Å². The molecular formula is C16H18ClN3O4S. The predicted molar refractivity (Wildman–Crippen MR) is 96.4 cm³/mol. The molecule has 0 fully saturated rings. The number of benzene rings is 1. The molecule has 9 heteroatoms. The van der Waals surface area contributed by atoms with Crippen LogP contribution in [0.15, 0.2) is 46.2 Å². The number of hydrogen-bond donors (Lipinski definition) is 1. The van der Waals surface area contributed by atoms with Crippen molar-refractivity contribution in [1.82, 2.24) is 8.87 Å². The van der Waals surface area contributed by atoms with Crippen LogP contribution in [0.5, 0.6) is 0 Å². The molecule has 2 rings (SSSR count). The Morgan fingerprint density at radius 3 is 2.52 bits per heavy atom. The monoisotopic (exact) mass is 383 g/mol. The van der Waals surface area contributed by atoms with Crippen LogP contribution in [0.25, 0.3) is 0 Å². The van der Waals surface area contributed by atoms with Crippen molar-refractivity contribution in [2.24, 2.45) is 0 Å². The fraction of sp³-hybridized carbons (Fsp3) is 0.250. The zero-order chi connectivity index (χ0) is 18.8. The van der Waals surface area contributed by atoms with Crippen molar-refractivity contribution in [3.63, 3.8) is 0 Å². The normalized spacial score (nSPS) is 11.6. The van der Waals surface area contributed by atoms with Crippen molar-refractivity contribution in [1.29, 1.82) is 0 Å². The van der Waals surface area contributed by atoms with Crippen LogP contribution < -0.4 is 10.9 Å². The lowest BCUT2D eigenvalue weighted by Gasteiger charge is -2.13. The van der Waals surface area contributed by atoms with Gasteiger partial charge in [-0.05, 0) is 30.7 Å². The van der Waals surface area contributed by atoms with Crippen LogP contribution in [0.3, 0.4) is 0 Å². The first-order valence-corrected chi connectivity index (χ1v) is 9.12. The molecule has 1 heterocycles. The van der Waals surface area contributed by atoms with Gasteiger partial charge in [0.25, 0.3) is 5.56 Å². The summed E-state index contributed by atoms with van der Waals surface area (Å²) < 4.78 is 26.3. The maximum absolute atomic E-state index is 12.2. The lowest BCUT2D eigenvalue weighted by Crippen LogP contribution is -2.29. The Bertz CT molecular complexity index is 968. The number of nitrogens with one attached hydrogen (secondary N) is 1. The van der Waals surface area contributed by atoms with E-state index in [1.54, 1.807) is 18.2 Å². The lowest BCUT2D eigenvalue weighted by atomic mass is 10.2. The number of nitrogens with zero attached hydrogens (tertiary/aromatic N) is 2. The van der Waals surface area contributed by atoms with Crippen LogP contribution in [-0.4, -0.2) is 37.3 Å². The van der Waals surface area contributed by atoms with Crippen LogP contribution in [0.4, 0.5) is 5.69 Å². The highest BCUT2D eigenvalue weighted by Crippen LogP contribution is 2.22. The smallest absolute Gasteiger partial charge is 0.251 e. The Hall–Kier alpha value is -2.16. The van der Waals surface area contributed by atoms with E-state index in [2.05, 4.69) is 5.32 Å². The maximum atomic E-state index is 12.2. The van der Waals surface area contributed by atoms with Crippen molar-refractivity contribution in [3.8, 4) is 0 Å². The summed E-state index contributed by atoms with van der Waals surface area (Å²) in [5, 5.41) is 2.98. The second-order valence-corrected chi connectivity index (χ2v) is 8.21. The summed E-state index contributed by atoms with van der Waals surface area (Å²) in [6, 6.07) is 7.47. The molecule has 0 unspecified atom stereocenters. The number of aryl methyl sites for hydroxylation is 1. The Morgan fingerprint density at radius 1 is 1.24 bits per heavy atom. The Kier molecular flexibility index (Phi) is 5.66. The average Bonchev–Trinajstić information content (AvgIpc) is 2.52. The first-order valence-electron chi connectivity index (χ1n) is 7.30. The van der Waals surface area contributed by atoms with Gasteiger partial charge in [0, 0.05) is 26.4 Å². The number of aromatic nitrogens is 1. The van der Waals surface area contributed by atoms with E-state index >= 15 is 0 Å². The summed E-state index contributed by atoms with van der Waals surface area (Å²) in [4.78, 5) is 24.0. The number of carbonyl (C=O) groups is 1. The van der Waals surface area contributed by atoms with E-state index in [0.717, 1.165) is 26.7 Å². The van der Waals surface area contributed by atoms with Crippen LogP contribution >= 0.6 is 11.6 Å². The number of sulfonamides is 1. The van der Waals surface area contributed by atoms with Crippen LogP contribution in [0, 0.1) is 6.92 Å². The standard InChI is InChI=1S/C16H18ClN3O4S/c1-11-4-6-14(13(17)8-11)18-15(21)10-20-9-12(5-7-16(20)22)25(23,24)19(2)3/h4-9H,10H2,1-3H3,(H,18,21). The molecule has 1 N–H and O–H groups in total. The zero-order valence-corrected chi connectivity index (χ0v) is 15.6. The van der Waals surface area contributed by atoms with Gasteiger partial charge >= 0.3 is 0 Å². The largest absolute Gasteiger partial charge is 0.323 e. The zero-order valence-electron chi connectivity index (χ0n) is 14.0. The second-order valence-electron chi connectivity index (χ2n) is 5.65. The van der Waals surface area contributed by atoms with E-state index in [-0.39, 0.29) is 11.4 Å². The molecule has 134 valence electrons. The fourth-order valence-corrected chi connectivity index (χ4v) is 3.27. The number of halogens is 1. The molecule has 0 aliphatic rings. The van der Waals surface area contributed by atoms with Gasteiger partial charge in [-0.15, -0.1) is 0 Å². The van der Waals surface area contributed by atoms with Gasteiger partial charge in [0.15, 0.2) is 0 Å². The molecule has 0 radical (unpaired) electrons. The predicted octanol–water partition coefficient (Wildman–Crippen LogP) is 1.70. The van der Waals surface area contributed by atoms with E-state index in [9.17, 15) is 18.0 Å². The summed E-state index contributed by atoms with van der Waals surface area (Å²) >= 11 is 6.06. The highest BCUT2D eigenvalue weighted by Gasteiger charge is 2.18. The minimum Gasteiger partial charge on any atom is -0.323 e. The van der Waals surface area contributed by atoms with Gasteiger partial charge in [-0.3, -0.25) is 9.59 Å². The molecule has 0 aliphatic carbocycles. The topological polar surface area (TPSA) is 88.5 Å². The summed E-state index contributed by atoms with van der Waals surface area (Å²) in [6.07, 6.45) is 1.15. The van der Waals surface area contributed by atoms with E-state index in [4.69, 9.17) is 11.6 Å². The van der Waals surface area contributed by atoms with Crippen molar-refractivity contribution in [2.75, 3.05) is 19.4 Å². The van der Waals surface area contributed by atoms with Crippen molar-refractivity contribution >= 4 is 33.2 Å². The summed E-state index contributed by atoms with van der Waals surface area (Å²) in [5.74, 6) is -0.493. The molecular weight excluding hydrogens is 366 g/mol. The van der Waals surface area contributed by atoms with Gasteiger partial charge in [0.1, 0.15) is 6.54 Å². The lowest BCUT2D eigenvalue weighted by molar-refractivity contribution is -0.116. The van der Waals surface area contributed by atoms with Gasteiger partial charge in [-0.2, -0.15) is 0 Å². The SMILES string of the molecule is Cc1ccc(NC(=O)Cn2cc(S(=O)(=O)N(C)C)ccc2=O)c(Cl)c1. The number of carbonyl (C=O) groups excluding carboxylic acids is 1. The average molecular weight is 384 g/mol. The van der Waals surface area contributed by atoms with E-state index in [1.807, 2.05) is 6.92 Å². The number of pyridine rings is 1. The second kappa shape index (κ2) is 7.38. The third-order valence-corrected chi connectivity index (χ3v) is 5.56. The van der Waals surface area contributed by atoms with Crippen molar-refractivity contribution in [3.05, 3.63) is 57.5 Å². The molecule has 1 aromatic carbocycles. The van der Waals surface area contributed by atoms with Crippen molar-refractivity contribution in [2.45, 2.75) is 18.4 Å². The van der Waals surface area contributed by atoms with Gasteiger partial charge in [0.2, 0.25) is 15.9 Å². The molecule has 2 aromatic rings. The number of rotatable bonds is 5. The molecule has 0 saturated carbocycles. The number of amides is 1. The highest BCUT2D eigenvalue weighted by atomic mass is 35.5. The molecule has 0 saturated heterocycles. The first-order chi connectivity index (χ1) is 11.6. The van der Waals surface area contributed by atoms with Crippen LogP contribution in [-0.2, 0) is 21.4 Å². The van der Waals surface area contributed by atoms with Gasteiger partial charge in [-0.1, -0.05) is 17.7 Å². The van der Waals surface area contributed by atoms with Crippen LogP contribution in [0.1, 0.15) is 5.56 Å². The third kappa shape index (κ3) is 4.47. The van der Waals surface area contributed by atoms with E-state index in [0.29, 0.717) is 10.7 Å². The summed E-state index contributed by atoms with van der Waals surface area (Å²) in [5.41, 5.74) is 0.881. The molecule has 0 spiro atoms. The third-order valence-electron chi connectivity index (χ3n) is 3.45. The van der Waals surface area contributed by atoms with Crippen LogP contribution in [0.2, 0.25) is 5.02 Å². The Morgan fingerprint density at radius 2 is 1.92 bits per heavy atom. The molecule has 0 atom stereocenters. The molecule has 0 bridgehead atoms. The molecule has 1 aromatic heterocycles.